The molecular weight excluding hydrogens is 420 g/mol. The third-order valence-electron chi connectivity index (χ3n) is 5.73. The summed E-state index contributed by atoms with van der Waals surface area (Å²) in [6.07, 6.45) is 3.37. The van der Waals surface area contributed by atoms with Gasteiger partial charge in [-0.25, -0.2) is 4.68 Å². The fourth-order valence-electron chi connectivity index (χ4n) is 4.19. The van der Waals surface area contributed by atoms with Gasteiger partial charge in [-0.05, 0) is 42.5 Å². The molecule has 6 nitrogen and oxygen atoms in total. The summed E-state index contributed by atoms with van der Waals surface area (Å²) >= 11 is 1.65. The number of ether oxygens (including phenoxy) is 1. The lowest BCUT2D eigenvalue weighted by atomic mass is 9.85. The molecule has 0 bridgehead atoms. The number of nitrogens with one attached hydrogen (secondary N) is 1. The average molecular weight is 447 g/mol. The van der Waals surface area contributed by atoms with Gasteiger partial charge in [0.05, 0.1) is 0 Å². The molecule has 1 atom stereocenters. The zero-order valence-electron chi connectivity index (χ0n) is 18.1. The summed E-state index contributed by atoms with van der Waals surface area (Å²) in [5.41, 5.74) is 3.95. The van der Waals surface area contributed by atoms with Gasteiger partial charge in [-0.3, -0.25) is 4.79 Å². The number of benzene rings is 2. The Labute approximate surface area is 192 Å². The Balaban J connectivity index is 1.44. The molecule has 2 aromatic carbocycles. The van der Waals surface area contributed by atoms with Crippen LogP contribution in [0.15, 0.2) is 71.0 Å². The molecule has 0 radical (unpaired) electrons. The molecular formula is C25H26N4O2S. The molecule has 1 aliphatic heterocycles. The van der Waals surface area contributed by atoms with Gasteiger partial charge >= 0.3 is 0 Å². The number of allylic oxidation sites excluding steroid dienone is 2. The van der Waals surface area contributed by atoms with E-state index in [0.717, 1.165) is 58.3 Å². The van der Waals surface area contributed by atoms with E-state index in [1.54, 1.807) is 11.8 Å². The maximum atomic E-state index is 12.9. The normalized spacial score (nSPS) is 17.5. The number of rotatable bonds is 7. The molecule has 3 aromatic rings. The summed E-state index contributed by atoms with van der Waals surface area (Å²) in [6.45, 7) is 2.66. The Kier molecular flexibility index (Phi) is 5.99. The summed E-state index contributed by atoms with van der Waals surface area (Å²) in [5, 5.41) is 8.89. The van der Waals surface area contributed by atoms with Crippen LogP contribution in [-0.2, 0) is 11.4 Å². The number of carbonyl (C=O) groups excluding carboxylic acids is 1. The van der Waals surface area contributed by atoms with E-state index in [4.69, 9.17) is 14.8 Å². The first-order chi connectivity index (χ1) is 15.7. The second-order valence-electron chi connectivity index (χ2n) is 8.05. The van der Waals surface area contributed by atoms with Crippen molar-refractivity contribution >= 4 is 23.5 Å². The van der Waals surface area contributed by atoms with Crippen LogP contribution in [0.1, 0.15) is 49.8 Å². The highest BCUT2D eigenvalue weighted by Gasteiger charge is 2.36. The van der Waals surface area contributed by atoms with Gasteiger partial charge in [0.2, 0.25) is 11.1 Å². The number of fused-ring (bicyclic) bond motifs is 1. The SMILES string of the molecule is CCCSc1nc2n(n1)C(c1ccc(OCc3ccccc3)cc1)C1=C(CCCC1=O)N2. The van der Waals surface area contributed by atoms with Gasteiger partial charge in [0.25, 0.3) is 0 Å². The van der Waals surface area contributed by atoms with E-state index >= 15 is 0 Å². The number of nitrogens with zero attached hydrogens (tertiary/aromatic N) is 3. The number of Topliss-reactive ketones (excluding diaryl/α,β-unsaturated/α-hetero) is 1. The van der Waals surface area contributed by atoms with Crippen molar-refractivity contribution in [2.45, 2.75) is 50.4 Å². The van der Waals surface area contributed by atoms with Crippen molar-refractivity contribution in [2.24, 2.45) is 0 Å². The van der Waals surface area contributed by atoms with Gasteiger partial charge in [0.15, 0.2) is 5.78 Å². The second-order valence-corrected chi connectivity index (χ2v) is 9.11. The highest BCUT2D eigenvalue weighted by molar-refractivity contribution is 7.99. The lowest BCUT2D eigenvalue weighted by Crippen LogP contribution is -2.31. The predicted octanol–water partition coefficient (Wildman–Crippen LogP) is 5.38. The van der Waals surface area contributed by atoms with E-state index in [0.29, 0.717) is 19.0 Å². The van der Waals surface area contributed by atoms with Crippen LogP contribution >= 0.6 is 11.8 Å². The van der Waals surface area contributed by atoms with E-state index in [1.165, 1.54) is 0 Å². The second kappa shape index (κ2) is 9.20. The number of hydrogen-bond acceptors (Lipinski definition) is 6. The lowest BCUT2D eigenvalue weighted by Gasteiger charge is -2.32. The molecule has 1 unspecified atom stereocenters. The van der Waals surface area contributed by atoms with E-state index < -0.39 is 0 Å². The van der Waals surface area contributed by atoms with Gasteiger partial charge in [-0.1, -0.05) is 61.2 Å². The minimum atomic E-state index is -0.263. The summed E-state index contributed by atoms with van der Waals surface area (Å²) in [6, 6.07) is 17.9. The molecule has 0 spiro atoms. The van der Waals surface area contributed by atoms with Crippen LogP contribution in [0, 0.1) is 0 Å². The lowest BCUT2D eigenvalue weighted by molar-refractivity contribution is -0.116. The first kappa shape index (κ1) is 20.8. The minimum absolute atomic E-state index is 0.192. The smallest absolute Gasteiger partial charge is 0.227 e. The van der Waals surface area contributed by atoms with Crippen LogP contribution < -0.4 is 10.1 Å². The molecule has 0 saturated heterocycles. The maximum absolute atomic E-state index is 12.9. The van der Waals surface area contributed by atoms with Gasteiger partial charge in [0, 0.05) is 23.4 Å². The molecule has 1 aromatic heterocycles. The van der Waals surface area contributed by atoms with Crippen LogP contribution in [0.5, 0.6) is 5.75 Å². The van der Waals surface area contributed by atoms with Gasteiger partial charge in [0.1, 0.15) is 18.4 Å². The minimum Gasteiger partial charge on any atom is -0.489 e. The highest BCUT2D eigenvalue weighted by atomic mass is 32.2. The van der Waals surface area contributed by atoms with E-state index in [2.05, 4.69) is 12.2 Å². The third-order valence-corrected chi connectivity index (χ3v) is 6.77. The zero-order chi connectivity index (χ0) is 21.9. The van der Waals surface area contributed by atoms with Crippen LogP contribution in [-0.4, -0.2) is 26.3 Å². The van der Waals surface area contributed by atoms with Gasteiger partial charge < -0.3 is 10.1 Å². The summed E-state index contributed by atoms with van der Waals surface area (Å²) < 4.78 is 7.83. The number of carbonyl (C=O) groups is 1. The molecule has 164 valence electrons. The van der Waals surface area contributed by atoms with Crippen LogP contribution in [0.2, 0.25) is 0 Å². The van der Waals surface area contributed by atoms with Crippen molar-refractivity contribution in [3.05, 3.63) is 77.0 Å². The van der Waals surface area contributed by atoms with Crippen LogP contribution in [0.25, 0.3) is 0 Å². The van der Waals surface area contributed by atoms with Crippen molar-refractivity contribution in [1.29, 1.82) is 0 Å². The molecule has 2 heterocycles. The number of anilines is 1. The molecule has 32 heavy (non-hydrogen) atoms. The topological polar surface area (TPSA) is 69.0 Å². The zero-order valence-corrected chi connectivity index (χ0v) is 18.9. The Morgan fingerprint density at radius 2 is 1.94 bits per heavy atom. The summed E-state index contributed by atoms with van der Waals surface area (Å²) in [7, 11) is 0. The van der Waals surface area contributed by atoms with Gasteiger partial charge in [-0.2, -0.15) is 4.98 Å². The number of ketones is 1. The monoisotopic (exact) mass is 446 g/mol. The molecule has 7 heteroatoms. The molecule has 0 saturated carbocycles. The predicted molar refractivity (Wildman–Crippen MR) is 126 cm³/mol. The van der Waals surface area contributed by atoms with E-state index in [-0.39, 0.29) is 11.8 Å². The molecule has 1 aliphatic carbocycles. The standard InChI is InChI=1S/C25H26N4O2S/c1-2-15-32-25-27-24-26-20-9-6-10-21(30)22(20)23(29(24)28-25)18-11-13-19(14-12-18)31-16-17-7-4-3-5-8-17/h3-5,7-8,11-14,23H,2,6,9-10,15-16H2,1H3,(H,26,27,28). The third kappa shape index (κ3) is 4.17. The fourth-order valence-corrected chi connectivity index (χ4v) is 4.87. The Bertz CT molecular complexity index is 1140. The quantitative estimate of drug-likeness (QED) is 0.491. The first-order valence-electron chi connectivity index (χ1n) is 11.1. The van der Waals surface area contributed by atoms with Crippen molar-refractivity contribution < 1.29 is 9.53 Å². The van der Waals surface area contributed by atoms with Crippen molar-refractivity contribution in [1.82, 2.24) is 14.8 Å². The molecule has 0 fully saturated rings. The summed E-state index contributed by atoms with van der Waals surface area (Å²) in [5.74, 6) is 2.67. The number of aromatic nitrogens is 3. The fraction of sp³-hybridized carbons (Fsp3) is 0.320. The van der Waals surface area contributed by atoms with E-state index in [1.807, 2.05) is 59.3 Å². The van der Waals surface area contributed by atoms with Crippen molar-refractivity contribution in [3.8, 4) is 5.75 Å². The number of hydrogen-bond donors (Lipinski definition) is 1. The highest BCUT2D eigenvalue weighted by Crippen LogP contribution is 2.40. The van der Waals surface area contributed by atoms with Crippen molar-refractivity contribution in [2.75, 3.05) is 11.1 Å². The molecule has 0 amide bonds. The van der Waals surface area contributed by atoms with E-state index in [9.17, 15) is 4.79 Å². The average Bonchev–Trinajstić information content (AvgIpc) is 3.24. The Morgan fingerprint density at radius 3 is 2.72 bits per heavy atom. The first-order valence-corrected chi connectivity index (χ1v) is 12.1. The molecule has 1 N–H and O–H groups in total. The Hall–Kier alpha value is -3.06. The maximum Gasteiger partial charge on any atom is 0.227 e. The Morgan fingerprint density at radius 1 is 1.12 bits per heavy atom. The van der Waals surface area contributed by atoms with Crippen LogP contribution in [0.3, 0.4) is 0 Å². The summed E-state index contributed by atoms with van der Waals surface area (Å²) in [4.78, 5) is 17.6. The largest absolute Gasteiger partial charge is 0.489 e. The number of thioether (sulfide) groups is 1. The molecule has 2 aliphatic rings. The van der Waals surface area contributed by atoms with Crippen LogP contribution in [0.4, 0.5) is 5.95 Å². The van der Waals surface area contributed by atoms with Gasteiger partial charge in [-0.15, -0.1) is 5.10 Å². The van der Waals surface area contributed by atoms with Crippen molar-refractivity contribution in [3.63, 3.8) is 0 Å². The molecule has 5 rings (SSSR count).